The molecule has 0 bridgehead atoms. The first-order valence-electron chi connectivity index (χ1n) is 8.03. The molecule has 2 heterocycles. The molecule has 1 amide bonds. The van der Waals surface area contributed by atoms with Crippen LogP contribution in [-0.4, -0.2) is 21.4 Å². The number of aryl methyl sites for hydroxylation is 1. The number of amides is 1. The number of hydrogen-bond acceptors (Lipinski definition) is 6. The van der Waals surface area contributed by atoms with Gasteiger partial charge in [-0.1, -0.05) is 19.1 Å². The average molecular weight is 355 g/mol. The maximum absolute atomic E-state index is 12.4. The fourth-order valence-corrected chi connectivity index (χ4v) is 2.37. The van der Waals surface area contributed by atoms with Crippen molar-refractivity contribution in [2.75, 3.05) is 5.32 Å². The van der Waals surface area contributed by atoms with Crippen molar-refractivity contribution in [3.05, 3.63) is 63.8 Å². The smallest absolute Gasteiger partial charge is 0.340 e. The molecule has 3 rings (SSSR count). The monoisotopic (exact) mass is 355 g/mol. The number of esters is 1. The molecule has 0 aliphatic heterocycles. The number of nitrogens with one attached hydrogen (secondary N) is 1. The van der Waals surface area contributed by atoms with Crippen molar-refractivity contribution in [2.45, 2.75) is 26.9 Å². The number of rotatable bonds is 5. The Morgan fingerprint density at radius 1 is 1.27 bits per heavy atom. The molecule has 2 aromatic heterocycles. The SMILES string of the molecule is CCC(=O)Nc1ccccc1C(=O)OCc1cc(=O)n2oc(C)cc2n1. The molecule has 0 aliphatic rings. The minimum absolute atomic E-state index is 0.176. The lowest BCUT2D eigenvalue weighted by Crippen LogP contribution is -2.16. The number of anilines is 1. The lowest BCUT2D eigenvalue weighted by atomic mass is 10.1. The second-order valence-corrected chi connectivity index (χ2v) is 5.61. The summed E-state index contributed by atoms with van der Waals surface area (Å²) in [6, 6.07) is 9.41. The summed E-state index contributed by atoms with van der Waals surface area (Å²) < 4.78 is 11.5. The Hall–Kier alpha value is -3.42. The first kappa shape index (κ1) is 17.4. The van der Waals surface area contributed by atoms with E-state index in [1.54, 1.807) is 44.2 Å². The Bertz CT molecular complexity index is 1030. The summed E-state index contributed by atoms with van der Waals surface area (Å²) in [7, 11) is 0. The van der Waals surface area contributed by atoms with Gasteiger partial charge in [0.15, 0.2) is 5.65 Å². The zero-order chi connectivity index (χ0) is 18.7. The van der Waals surface area contributed by atoms with E-state index in [0.29, 0.717) is 29.2 Å². The van der Waals surface area contributed by atoms with Crippen molar-refractivity contribution in [3.8, 4) is 0 Å². The molecular formula is C18H17N3O5. The Balaban J connectivity index is 1.77. The second-order valence-electron chi connectivity index (χ2n) is 5.61. The van der Waals surface area contributed by atoms with E-state index in [9.17, 15) is 14.4 Å². The van der Waals surface area contributed by atoms with Gasteiger partial charge < -0.3 is 14.6 Å². The molecule has 134 valence electrons. The molecule has 3 aromatic rings. The first-order valence-corrected chi connectivity index (χ1v) is 8.03. The van der Waals surface area contributed by atoms with E-state index in [1.807, 2.05) is 0 Å². The second kappa shape index (κ2) is 7.22. The summed E-state index contributed by atoms with van der Waals surface area (Å²) in [5.74, 6) is -0.285. The molecule has 0 fully saturated rings. The Morgan fingerprint density at radius 3 is 2.81 bits per heavy atom. The van der Waals surface area contributed by atoms with Crippen molar-refractivity contribution >= 4 is 23.2 Å². The molecule has 0 spiro atoms. The van der Waals surface area contributed by atoms with Crippen molar-refractivity contribution in [2.24, 2.45) is 0 Å². The Labute approximate surface area is 148 Å². The van der Waals surface area contributed by atoms with Gasteiger partial charge in [0.05, 0.1) is 16.9 Å². The first-order chi connectivity index (χ1) is 12.5. The third kappa shape index (κ3) is 3.64. The maximum atomic E-state index is 12.4. The van der Waals surface area contributed by atoms with Gasteiger partial charge in [0.25, 0.3) is 5.56 Å². The van der Waals surface area contributed by atoms with Gasteiger partial charge in [-0.05, 0) is 19.1 Å². The van der Waals surface area contributed by atoms with Crippen molar-refractivity contribution in [3.63, 3.8) is 0 Å². The van der Waals surface area contributed by atoms with Gasteiger partial charge in [-0.15, -0.1) is 4.57 Å². The lowest BCUT2D eigenvalue weighted by molar-refractivity contribution is -0.115. The highest BCUT2D eigenvalue weighted by Crippen LogP contribution is 2.17. The molecule has 8 nitrogen and oxygen atoms in total. The summed E-state index contributed by atoms with van der Waals surface area (Å²) in [5.41, 5.74) is 0.852. The van der Waals surface area contributed by atoms with Crippen LogP contribution >= 0.6 is 0 Å². The zero-order valence-electron chi connectivity index (χ0n) is 14.3. The normalized spacial score (nSPS) is 10.7. The highest BCUT2D eigenvalue weighted by molar-refractivity contribution is 6.01. The van der Waals surface area contributed by atoms with Gasteiger partial charge in [-0.25, -0.2) is 9.78 Å². The van der Waals surface area contributed by atoms with E-state index in [2.05, 4.69) is 10.3 Å². The van der Waals surface area contributed by atoms with Crippen LogP contribution in [0.3, 0.4) is 0 Å². The maximum Gasteiger partial charge on any atom is 0.340 e. The topological polar surface area (TPSA) is 103 Å². The Kier molecular flexibility index (Phi) is 4.83. The lowest BCUT2D eigenvalue weighted by Gasteiger charge is -2.10. The van der Waals surface area contributed by atoms with Crippen LogP contribution < -0.4 is 10.9 Å². The Morgan fingerprint density at radius 2 is 2.04 bits per heavy atom. The fraction of sp³-hybridized carbons (Fsp3) is 0.222. The summed E-state index contributed by atoms with van der Waals surface area (Å²) in [5, 5.41) is 2.65. The molecule has 0 saturated heterocycles. The van der Waals surface area contributed by atoms with Gasteiger partial charge in [-0.2, -0.15) is 0 Å². The van der Waals surface area contributed by atoms with Crippen LogP contribution in [0.5, 0.6) is 0 Å². The molecule has 0 atom stereocenters. The van der Waals surface area contributed by atoms with E-state index in [1.165, 1.54) is 6.07 Å². The number of carbonyl (C=O) groups is 2. The van der Waals surface area contributed by atoms with Crippen LogP contribution in [0.2, 0.25) is 0 Å². The molecule has 1 N–H and O–H groups in total. The van der Waals surface area contributed by atoms with E-state index >= 15 is 0 Å². The zero-order valence-corrected chi connectivity index (χ0v) is 14.3. The number of hydrogen-bond donors (Lipinski definition) is 1. The summed E-state index contributed by atoms with van der Waals surface area (Å²) in [6.45, 7) is 3.24. The van der Waals surface area contributed by atoms with Crippen LogP contribution in [0.4, 0.5) is 5.69 Å². The average Bonchev–Trinajstić information content (AvgIpc) is 3.01. The molecule has 26 heavy (non-hydrogen) atoms. The van der Waals surface area contributed by atoms with E-state index in [0.717, 1.165) is 4.57 Å². The third-order valence-corrected chi connectivity index (χ3v) is 3.62. The number of aromatic nitrogens is 2. The standard InChI is InChI=1S/C18H17N3O5/c1-3-16(22)20-14-7-5-4-6-13(14)18(24)25-10-12-9-17(23)21-15(19-12)8-11(2)26-21/h4-9H,3,10H2,1-2H3,(H,20,22). The van der Waals surface area contributed by atoms with Gasteiger partial charge in [0.2, 0.25) is 5.91 Å². The molecule has 0 radical (unpaired) electrons. The van der Waals surface area contributed by atoms with Gasteiger partial charge in [0, 0.05) is 18.6 Å². The summed E-state index contributed by atoms with van der Waals surface area (Å²) >= 11 is 0. The highest BCUT2D eigenvalue weighted by atomic mass is 16.5. The third-order valence-electron chi connectivity index (χ3n) is 3.62. The molecule has 0 unspecified atom stereocenters. The number of fused-ring (bicyclic) bond motifs is 1. The minimum atomic E-state index is -0.623. The van der Waals surface area contributed by atoms with Crippen molar-refractivity contribution in [1.82, 2.24) is 9.56 Å². The summed E-state index contributed by atoms with van der Waals surface area (Å²) in [4.78, 5) is 40.1. The van der Waals surface area contributed by atoms with Crippen molar-refractivity contribution < 1.29 is 18.8 Å². The number of carbonyl (C=O) groups excluding carboxylic acids is 2. The van der Waals surface area contributed by atoms with Crippen molar-refractivity contribution in [1.29, 1.82) is 0 Å². The number of ether oxygens (including phenoxy) is 1. The molecule has 0 saturated carbocycles. The van der Waals surface area contributed by atoms with Crippen LogP contribution in [0.25, 0.3) is 5.65 Å². The van der Waals surface area contributed by atoms with E-state index < -0.39 is 11.5 Å². The molecular weight excluding hydrogens is 338 g/mol. The number of nitrogens with zero attached hydrogens (tertiary/aromatic N) is 2. The molecule has 8 heteroatoms. The molecule has 1 aromatic carbocycles. The largest absolute Gasteiger partial charge is 0.456 e. The van der Waals surface area contributed by atoms with Crippen LogP contribution in [0.15, 0.2) is 45.7 Å². The van der Waals surface area contributed by atoms with Gasteiger partial charge in [-0.3, -0.25) is 9.59 Å². The summed E-state index contributed by atoms with van der Waals surface area (Å²) in [6.07, 6.45) is 0.293. The minimum Gasteiger partial charge on any atom is -0.456 e. The fourth-order valence-electron chi connectivity index (χ4n) is 2.37. The van der Waals surface area contributed by atoms with E-state index in [-0.39, 0.29) is 18.1 Å². The van der Waals surface area contributed by atoms with Crippen LogP contribution in [0, 0.1) is 6.92 Å². The number of para-hydroxylation sites is 1. The predicted molar refractivity (Wildman–Crippen MR) is 92.9 cm³/mol. The predicted octanol–water partition coefficient (Wildman–Crippen LogP) is 2.30. The molecule has 0 aliphatic carbocycles. The van der Waals surface area contributed by atoms with E-state index in [4.69, 9.17) is 9.26 Å². The quantitative estimate of drug-likeness (QED) is 0.705. The van der Waals surface area contributed by atoms with Crippen LogP contribution in [-0.2, 0) is 16.1 Å². The van der Waals surface area contributed by atoms with Gasteiger partial charge in [0.1, 0.15) is 12.4 Å². The number of benzene rings is 1. The van der Waals surface area contributed by atoms with Gasteiger partial charge >= 0.3 is 5.97 Å². The highest BCUT2D eigenvalue weighted by Gasteiger charge is 2.15. The van der Waals surface area contributed by atoms with Crippen LogP contribution in [0.1, 0.15) is 35.2 Å².